The van der Waals surface area contributed by atoms with Crippen molar-refractivity contribution in [3.05, 3.63) is 21.4 Å². The molecule has 0 aromatic carbocycles. The monoisotopic (exact) mass is 389 g/mol. The van der Waals surface area contributed by atoms with Crippen LogP contribution in [0.4, 0.5) is 5.82 Å². The van der Waals surface area contributed by atoms with Crippen LogP contribution in [0.2, 0.25) is 0 Å². The normalized spacial score (nSPS) is 15.9. The zero-order valence-corrected chi connectivity index (χ0v) is 13.5. The highest BCUT2D eigenvalue weighted by atomic mass is 127. The summed E-state index contributed by atoms with van der Waals surface area (Å²) < 4.78 is 0.902. The van der Waals surface area contributed by atoms with Gasteiger partial charge < -0.3 is 15.7 Å². The maximum Gasteiger partial charge on any atom is 0.239 e. The van der Waals surface area contributed by atoms with Gasteiger partial charge in [-0.25, -0.2) is 4.98 Å². The number of amides is 1. The number of hydrogen-bond acceptors (Lipinski definition) is 4. The Hall–Kier alpha value is -0.890. The van der Waals surface area contributed by atoms with Gasteiger partial charge in [0.25, 0.3) is 0 Å². The van der Waals surface area contributed by atoms with E-state index in [1.165, 1.54) is 19.3 Å². The van der Waals surface area contributed by atoms with Gasteiger partial charge in [-0.2, -0.15) is 0 Å². The third-order valence-electron chi connectivity index (χ3n) is 3.47. The molecule has 0 aliphatic heterocycles. The molecule has 1 heterocycles. The molecule has 1 aliphatic rings. The van der Waals surface area contributed by atoms with E-state index in [4.69, 9.17) is 5.11 Å². The number of nitrogens with one attached hydrogen (secondary N) is 2. The van der Waals surface area contributed by atoms with Crippen molar-refractivity contribution in [2.75, 3.05) is 11.9 Å². The van der Waals surface area contributed by atoms with Gasteiger partial charge in [0, 0.05) is 12.2 Å². The van der Waals surface area contributed by atoms with Crippen LogP contribution in [-0.2, 0) is 11.4 Å². The summed E-state index contributed by atoms with van der Waals surface area (Å²) in [6.07, 6.45) is 7.49. The van der Waals surface area contributed by atoms with Crippen molar-refractivity contribution in [2.24, 2.45) is 0 Å². The number of carbonyl (C=O) groups excluding carboxylic acids is 1. The number of rotatable bonds is 5. The first-order chi connectivity index (χ1) is 9.69. The van der Waals surface area contributed by atoms with Crippen molar-refractivity contribution < 1.29 is 9.90 Å². The molecule has 0 unspecified atom stereocenters. The predicted molar refractivity (Wildman–Crippen MR) is 86.4 cm³/mol. The Bertz CT molecular complexity index is 462. The zero-order valence-electron chi connectivity index (χ0n) is 11.4. The zero-order chi connectivity index (χ0) is 14.4. The van der Waals surface area contributed by atoms with Gasteiger partial charge >= 0.3 is 0 Å². The fourth-order valence-corrected chi connectivity index (χ4v) is 3.11. The van der Waals surface area contributed by atoms with E-state index in [1.54, 1.807) is 6.20 Å². The second kappa shape index (κ2) is 7.78. The molecular formula is C14H20IN3O2. The number of pyridine rings is 1. The van der Waals surface area contributed by atoms with Crippen LogP contribution in [-0.4, -0.2) is 28.6 Å². The summed E-state index contributed by atoms with van der Waals surface area (Å²) in [6, 6.07) is 2.19. The molecule has 1 aromatic rings. The standard InChI is InChI=1S/C14H20IN3O2/c15-12-6-10(9-19)7-16-14(12)17-8-13(20)18-11-4-2-1-3-5-11/h6-7,11,19H,1-5,8-9H2,(H,16,17)(H,18,20). The van der Waals surface area contributed by atoms with E-state index < -0.39 is 0 Å². The molecular weight excluding hydrogens is 369 g/mol. The molecule has 1 fully saturated rings. The van der Waals surface area contributed by atoms with Crippen LogP contribution in [0, 0.1) is 3.57 Å². The van der Waals surface area contributed by atoms with E-state index in [-0.39, 0.29) is 19.1 Å². The topological polar surface area (TPSA) is 74.2 Å². The van der Waals surface area contributed by atoms with Gasteiger partial charge in [-0.15, -0.1) is 0 Å². The number of aliphatic hydroxyl groups is 1. The summed E-state index contributed by atoms with van der Waals surface area (Å²) in [7, 11) is 0. The van der Waals surface area contributed by atoms with E-state index in [1.807, 2.05) is 6.07 Å². The number of nitrogens with zero attached hydrogens (tertiary/aromatic N) is 1. The Kier molecular flexibility index (Phi) is 6.03. The van der Waals surface area contributed by atoms with Crippen molar-refractivity contribution in [1.29, 1.82) is 0 Å². The number of aromatic nitrogens is 1. The molecule has 0 saturated heterocycles. The maximum absolute atomic E-state index is 11.9. The van der Waals surface area contributed by atoms with Gasteiger partial charge in [-0.05, 0) is 47.1 Å². The lowest BCUT2D eigenvalue weighted by atomic mass is 9.95. The van der Waals surface area contributed by atoms with E-state index in [2.05, 4.69) is 38.2 Å². The minimum absolute atomic E-state index is 0.0146. The highest BCUT2D eigenvalue weighted by Crippen LogP contribution is 2.18. The molecule has 0 radical (unpaired) electrons. The van der Waals surface area contributed by atoms with Crippen LogP contribution >= 0.6 is 22.6 Å². The largest absolute Gasteiger partial charge is 0.392 e. The van der Waals surface area contributed by atoms with E-state index in [9.17, 15) is 4.79 Å². The van der Waals surface area contributed by atoms with Gasteiger partial charge in [0.05, 0.1) is 16.7 Å². The SMILES string of the molecule is O=C(CNc1ncc(CO)cc1I)NC1CCCCC1. The molecule has 0 bridgehead atoms. The molecule has 2 rings (SSSR count). The van der Waals surface area contributed by atoms with Crippen LogP contribution in [0.1, 0.15) is 37.7 Å². The molecule has 1 aliphatic carbocycles. The molecule has 20 heavy (non-hydrogen) atoms. The summed E-state index contributed by atoms with van der Waals surface area (Å²) in [6.45, 7) is 0.212. The number of hydrogen-bond donors (Lipinski definition) is 3. The van der Waals surface area contributed by atoms with Crippen LogP contribution in [0.25, 0.3) is 0 Å². The van der Waals surface area contributed by atoms with Gasteiger partial charge in [0.2, 0.25) is 5.91 Å². The molecule has 6 heteroatoms. The summed E-state index contributed by atoms with van der Waals surface area (Å²) >= 11 is 2.14. The van der Waals surface area contributed by atoms with Gasteiger partial charge in [0.1, 0.15) is 5.82 Å². The van der Waals surface area contributed by atoms with E-state index in [0.717, 1.165) is 22.0 Å². The van der Waals surface area contributed by atoms with Crippen LogP contribution < -0.4 is 10.6 Å². The predicted octanol–water partition coefficient (Wildman–Crippen LogP) is 2.04. The second-order valence-electron chi connectivity index (χ2n) is 5.09. The summed E-state index contributed by atoms with van der Waals surface area (Å²) in [5, 5.41) is 15.1. The average molecular weight is 389 g/mol. The van der Waals surface area contributed by atoms with Crippen LogP contribution in [0.5, 0.6) is 0 Å². The van der Waals surface area contributed by atoms with Crippen LogP contribution in [0.15, 0.2) is 12.3 Å². The summed E-state index contributed by atoms with van der Waals surface area (Å²) in [5.74, 6) is 0.697. The smallest absolute Gasteiger partial charge is 0.239 e. The molecule has 110 valence electrons. The van der Waals surface area contributed by atoms with Gasteiger partial charge in [-0.1, -0.05) is 19.3 Å². The highest BCUT2D eigenvalue weighted by Gasteiger charge is 2.15. The maximum atomic E-state index is 11.9. The molecule has 1 saturated carbocycles. The van der Waals surface area contributed by atoms with Crippen molar-refractivity contribution in [3.63, 3.8) is 0 Å². The molecule has 3 N–H and O–H groups in total. The lowest BCUT2D eigenvalue weighted by Crippen LogP contribution is -2.39. The quantitative estimate of drug-likeness (QED) is 0.674. The lowest BCUT2D eigenvalue weighted by Gasteiger charge is -2.22. The fourth-order valence-electron chi connectivity index (χ4n) is 2.38. The third-order valence-corrected chi connectivity index (χ3v) is 4.29. The molecule has 0 atom stereocenters. The first-order valence-electron chi connectivity index (χ1n) is 6.97. The van der Waals surface area contributed by atoms with Gasteiger partial charge in [-0.3, -0.25) is 4.79 Å². The molecule has 1 amide bonds. The first kappa shape index (κ1) is 15.5. The summed E-state index contributed by atoms with van der Waals surface area (Å²) in [5.41, 5.74) is 0.770. The lowest BCUT2D eigenvalue weighted by molar-refractivity contribution is -0.120. The number of aliphatic hydroxyl groups excluding tert-OH is 1. The van der Waals surface area contributed by atoms with Crippen molar-refractivity contribution in [3.8, 4) is 0 Å². The highest BCUT2D eigenvalue weighted by molar-refractivity contribution is 14.1. The fraction of sp³-hybridized carbons (Fsp3) is 0.571. The Labute approximate surface area is 132 Å². The molecule has 1 aromatic heterocycles. The van der Waals surface area contributed by atoms with Gasteiger partial charge in [0.15, 0.2) is 0 Å². The minimum atomic E-state index is -0.0224. The van der Waals surface area contributed by atoms with E-state index in [0.29, 0.717) is 11.9 Å². The van der Waals surface area contributed by atoms with Crippen molar-refractivity contribution in [2.45, 2.75) is 44.8 Å². The Morgan fingerprint density at radius 1 is 1.40 bits per heavy atom. The number of halogens is 1. The average Bonchev–Trinajstić information content (AvgIpc) is 2.47. The Morgan fingerprint density at radius 2 is 2.15 bits per heavy atom. The van der Waals surface area contributed by atoms with Crippen molar-refractivity contribution in [1.82, 2.24) is 10.3 Å². The number of carbonyl (C=O) groups is 1. The Balaban J connectivity index is 1.80. The summed E-state index contributed by atoms with van der Waals surface area (Å²) in [4.78, 5) is 16.1. The first-order valence-corrected chi connectivity index (χ1v) is 8.05. The van der Waals surface area contributed by atoms with Crippen LogP contribution in [0.3, 0.4) is 0 Å². The van der Waals surface area contributed by atoms with E-state index >= 15 is 0 Å². The Morgan fingerprint density at radius 3 is 2.80 bits per heavy atom. The van der Waals surface area contributed by atoms with Crippen molar-refractivity contribution >= 4 is 34.3 Å². The molecule has 5 nitrogen and oxygen atoms in total. The second-order valence-corrected chi connectivity index (χ2v) is 6.25. The molecule has 0 spiro atoms. The minimum Gasteiger partial charge on any atom is -0.392 e. The number of anilines is 1. The third kappa shape index (κ3) is 4.59.